The van der Waals surface area contributed by atoms with Crippen LogP contribution in [0.4, 0.5) is 0 Å². The van der Waals surface area contributed by atoms with E-state index in [1.54, 1.807) is 0 Å². The van der Waals surface area contributed by atoms with Gasteiger partial charge in [-0.15, -0.1) is 0 Å². The van der Waals surface area contributed by atoms with Crippen LogP contribution in [0, 0.1) is 13.8 Å². The van der Waals surface area contributed by atoms with Gasteiger partial charge in [-0.1, -0.05) is 84.9 Å². The van der Waals surface area contributed by atoms with E-state index in [0.717, 1.165) is 33.9 Å². The molecule has 0 atom stereocenters. The van der Waals surface area contributed by atoms with Crippen molar-refractivity contribution in [1.82, 2.24) is 19.1 Å². The van der Waals surface area contributed by atoms with E-state index in [-0.39, 0.29) is 0 Å². The van der Waals surface area contributed by atoms with Crippen LogP contribution in [-0.4, -0.2) is 19.1 Å². The van der Waals surface area contributed by atoms with E-state index in [1.165, 1.54) is 33.0 Å². The Hall–Kier alpha value is -4.57. The fraction of sp³-hybridized carbons (Fsp3) is 0.0645. The molecular weight excluding hydrogens is 428 g/mol. The topological polar surface area (TPSA) is 38.5 Å². The zero-order valence-electron chi connectivity index (χ0n) is 19.7. The van der Waals surface area contributed by atoms with E-state index in [1.807, 2.05) is 6.07 Å². The van der Waals surface area contributed by atoms with Gasteiger partial charge in [0.2, 0.25) is 0 Å². The lowest BCUT2D eigenvalue weighted by Gasteiger charge is -2.13. The number of aromatic amines is 1. The minimum absolute atomic E-state index is 0.893. The van der Waals surface area contributed by atoms with Crippen molar-refractivity contribution in [1.29, 1.82) is 0 Å². The predicted octanol–water partition coefficient (Wildman–Crippen LogP) is 7.73. The molecule has 35 heavy (non-hydrogen) atoms. The van der Waals surface area contributed by atoms with Crippen LogP contribution < -0.4 is 0 Å². The Bertz CT molecular complexity index is 1840. The van der Waals surface area contributed by atoms with Crippen LogP contribution in [0.15, 0.2) is 103 Å². The molecule has 0 saturated heterocycles. The molecule has 0 aliphatic heterocycles. The first-order valence-corrected chi connectivity index (χ1v) is 11.9. The molecule has 4 heteroatoms. The SMILES string of the molecule is Cc1cccc(C)c1-n1cc(-n2c3ccccc3c3c4ccccc4[nH]c32)nc1-c1ccccc1. The molecule has 1 N–H and O–H groups in total. The predicted molar refractivity (Wildman–Crippen MR) is 145 cm³/mol. The highest BCUT2D eigenvalue weighted by Gasteiger charge is 2.21. The number of rotatable bonds is 3. The van der Waals surface area contributed by atoms with Crippen molar-refractivity contribution in [2.75, 3.05) is 0 Å². The van der Waals surface area contributed by atoms with Crippen LogP contribution in [0.1, 0.15) is 11.1 Å². The quantitative estimate of drug-likeness (QED) is 0.293. The van der Waals surface area contributed by atoms with Crippen LogP contribution in [0.5, 0.6) is 0 Å². The number of nitrogens with zero attached hydrogens (tertiary/aromatic N) is 3. The molecule has 0 aliphatic rings. The Balaban J connectivity index is 1.60. The lowest BCUT2D eigenvalue weighted by molar-refractivity contribution is 1.03. The molecule has 4 aromatic carbocycles. The van der Waals surface area contributed by atoms with Gasteiger partial charge >= 0.3 is 0 Å². The largest absolute Gasteiger partial charge is 0.340 e. The third-order valence-corrected chi connectivity index (χ3v) is 6.96. The number of nitrogens with one attached hydrogen (secondary N) is 1. The molecule has 0 radical (unpaired) electrons. The number of imidazole rings is 1. The Kier molecular flexibility index (Phi) is 4.24. The van der Waals surface area contributed by atoms with Gasteiger partial charge in [0.25, 0.3) is 0 Å². The fourth-order valence-corrected chi connectivity index (χ4v) is 5.43. The van der Waals surface area contributed by atoms with Crippen LogP contribution >= 0.6 is 0 Å². The molecule has 0 aliphatic carbocycles. The highest BCUT2D eigenvalue weighted by Crippen LogP contribution is 2.37. The van der Waals surface area contributed by atoms with E-state index in [2.05, 4.69) is 125 Å². The van der Waals surface area contributed by atoms with Gasteiger partial charge < -0.3 is 4.98 Å². The lowest BCUT2D eigenvalue weighted by Crippen LogP contribution is -2.01. The zero-order chi connectivity index (χ0) is 23.5. The monoisotopic (exact) mass is 452 g/mol. The third kappa shape index (κ3) is 2.90. The molecule has 0 bridgehead atoms. The molecule has 0 saturated carbocycles. The van der Waals surface area contributed by atoms with Gasteiger partial charge in [0, 0.05) is 27.2 Å². The summed E-state index contributed by atoms with van der Waals surface area (Å²) < 4.78 is 4.51. The van der Waals surface area contributed by atoms with Crippen molar-refractivity contribution in [3.8, 4) is 22.9 Å². The summed E-state index contributed by atoms with van der Waals surface area (Å²) in [5.41, 5.74) is 8.05. The number of H-pyrrole nitrogens is 1. The standard InChI is InChI=1S/C31H24N4/c1-20-11-10-12-21(2)29(20)34-19-27(33-30(34)22-13-4-3-5-14-22)35-26-18-9-7-16-24(26)28-23-15-6-8-17-25(23)32-31(28)35/h3-19,32H,1-2H3. The Morgan fingerprint density at radius 3 is 2.17 bits per heavy atom. The van der Waals surface area contributed by atoms with Crippen molar-refractivity contribution in [3.05, 3.63) is 114 Å². The van der Waals surface area contributed by atoms with E-state index in [4.69, 9.17) is 4.98 Å². The highest BCUT2D eigenvalue weighted by molar-refractivity contribution is 6.21. The molecule has 0 amide bonds. The van der Waals surface area contributed by atoms with E-state index in [9.17, 15) is 0 Å². The first-order valence-electron chi connectivity index (χ1n) is 11.9. The van der Waals surface area contributed by atoms with Gasteiger partial charge in [-0.05, 0) is 37.1 Å². The Labute approximate surface area is 203 Å². The van der Waals surface area contributed by atoms with Gasteiger partial charge in [-0.25, -0.2) is 4.98 Å². The summed E-state index contributed by atoms with van der Waals surface area (Å²) >= 11 is 0. The van der Waals surface area contributed by atoms with Crippen molar-refractivity contribution in [2.45, 2.75) is 13.8 Å². The number of hydrogen-bond donors (Lipinski definition) is 1. The normalized spacial score (nSPS) is 11.7. The van der Waals surface area contributed by atoms with E-state index < -0.39 is 0 Å². The number of aryl methyl sites for hydroxylation is 2. The van der Waals surface area contributed by atoms with Crippen molar-refractivity contribution >= 4 is 32.8 Å². The molecule has 0 unspecified atom stereocenters. The van der Waals surface area contributed by atoms with Crippen LogP contribution in [0.2, 0.25) is 0 Å². The summed E-state index contributed by atoms with van der Waals surface area (Å²) in [6.07, 6.45) is 2.18. The lowest BCUT2D eigenvalue weighted by atomic mass is 10.1. The average molecular weight is 453 g/mol. The van der Waals surface area contributed by atoms with Gasteiger partial charge in [-0.2, -0.15) is 0 Å². The third-order valence-electron chi connectivity index (χ3n) is 6.96. The maximum atomic E-state index is 5.26. The van der Waals surface area contributed by atoms with E-state index >= 15 is 0 Å². The minimum atomic E-state index is 0.893. The van der Waals surface area contributed by atoms with Gasteiger partial charge in [0.05, 0.1) is 17.4 Å². The maximum absolute atomic E-state index is 5.26. The smallest absolute Gasteiger partial charge is 0.158 e. The minimum Gasteiger partial charge on any atom is -0.340 e. The Morgan fingerprint density at radius 1 is 0.686 bits per heavy atom. The highest BCUT2D eigenvalue weighted by atomic mass is 15.2. The number of aromatic nitrogens is 4. The number of para-hydroxylation sites is 3. The molecule has 3 heterocycles. The average Bonchev–Trinajstić information content (AvgIpc) is 3.55. The molecule has 7 aromatic rings. The second kappa shape index (κ2) is 7.47. The van der Waals surface area contributed by atoms with Crippen LogP contribution in [0.3, 0.4) is 0 Å². The molecule has 3 aromatic heterocycles. The van der Waals surface area contributed by atoms with Crippen molar-refractivity contribution < 1.29 is 0 Å². The molecule has 0 fully saturated rings. The number of hydrogen-bond acceptors (Lipinski definition) is 1. The molecule has 7 rings (SSSR count). The van der Waals surface area contributed by atoms with Crippen molar-refractivity contribution in [3.63, 3.8) is 0 Å². The van der Waals surface area contributed by atoms with Crippen molar-refractivity contribution in [2.24, 2.45) is 0 Å². The molecule has 0 spiro atoms. The summed E-state index contributed by atoms with van der Waals surface area (Å²) in [5, 5.41) is 3.69. The summed E-state index contributed by atoms with van der Waals surface area (Å²) in [4.78, 5) is 8.94. The number of benzene rings is 4. The van der Waals surface area contributed by atoms with Crippen LogP contribution in [-0.2, 0) is 0 Å². The fourth-order valence-electron chi connectivity index (χ4n) is 5.43. The van der Waals surface area contributed by atoms with Crippen LogP contribution in [0.25, 0.3) is 55.7 Å². The summed E-state index contributed by atoms with van der Waals surface area (Å²) in [5.74, 6) is 1.82. The number of fused-ring (bicyclic) bond motifs is 5. The summed E-state index contributed by atoms with van der Waals surface area (Å²) in [6, 6.07) is 34.0. The molecule has 168 valence electrons. The summed E-state index contributed by atoms with van der Waals surface area (Å²) in [7, 11) is 0. The first-order chi connectivity index (χ1) is 17.2. The second-order valence-electron chi connectivity index (χ2n) is 9.15. The van der Waals surface area contributed by atoms with Gasteiger partial charge in [0.15, 0.2) is 5.82 Å². The zero-order valence-corrected chi connectivity index (χ0v) is 19.7. The first kappa shape index (κ1) is 19.9. The maximum Gasteiger partial charge on any atom is 0.158 e. The van der Waals surface area contributed by atoms with E-state index in [0.29, 0.717) is 0 Å². The second-order valence-corrected chi connectivity index (χ2v) is 9.15. The summed E-state index contributed by atoms with van der Waals surface area (Å²) in [6.45, 7) is 4.33. The van der Waals surface area contributed by atoms with Gasteiger partial charge in [-0.3, -0.25) is 9.13 Å². The van der Waals surface area contributed by atoms with Gasteiger partial charge in [0.1, 0.15) is 11.5 Å². The Morgan fingerprint density at radius 2 is 1.37 bits per heavy atom. The molecular formula is C31H24N4. The molecule has 4 nitrogen and oxygen atoms in total.